The van der Waals surface area contributed by atoms with Crippen molar-refractivity contribution in [3.05, 3.63) is 0 Å². The van der Waals surface area contributed by atoms with E-state index in [0.717, 1.165) is 6.42 Å². The fourth-order valence-corrected chi connectivity index (χ4v) is 0. The van der Waals surface area contributed by atoms with Crippen molar-refractivity contribution in [2.75, 3.05) is 0 Å². The first-order valence-corrected chi connectivity index (χ1v) is 4.05. The number of aliphatic hydroxyl groups excluding tert-OH is 1. The van der Waals surface area contributed by atoms with Gasteiger partial charge in [0.1, 0.15) is 0 Å². The van der Waals surface area contributed by atoms with E-state index in [1.807, 2.05) is 6.92 Å². The lowest BCUT2D eigenvalue weighted by molar-refractivity contribution is 0.191. The van der Waals surface area contributed by atoms with Crippen LogP contribution in [-0.4, -0.2) is 28.7 Å². The molecule has 0 amide bonds. The highest BCUT2D eigenvalue weighted by molar-refractivity contribution is 7.79. The molecule has 0 spiro atoms. The summed E-state index contributed by atoms with van der Waals surface area (Å²) in [6.07, 6.45) is 0.745. The molecule has 1 atom stereocenters. The van der Waals surface area contributed by atoms with Gasteiger partial charge < -0.3 is 5.11 Å². The van der Waals surface area contributed by atoms with Crippen molar-refractivity contribution in [2.24, 2.45) is 0 Å². The predicted molar refractivity (Wildman–Crippen MR) is 36.1 cm³/mol. The second-order valence-electron chi connectivity index (χ2n) is 1.71. The fourth-order valence-electron chi connectivity index (χ4n) is 0. The largest absolute Gasteiger partial charge is 0.394 e. The van der Waals surface area contributed by atoms with Gasteiger partial charge in [-0.2, -0.15) is 8.42 Å². The van der Waals surface area contributed by atoms with Crippen LogP contribution in [0.5, 0.6) is 0 Å². The Morgan fingerprint density at radius 1 is 1.40 bits per heavy atom. The molecular weight excluding hydrogens is 160 g/mol. The molecule has 1 unspecified atom stereocenters. The first-order valence-electron chi connectivity index (χ1n) is 2.65. The minimum absolute atomic E-state index is 0.116. The Balaban J connectivity index is 0. The molecule has 0 aliphatic heterocycles. The molecule has 3 N–H and O–H groups in total. The highest BCUT2D eigenvalue weighted by Crippen LogP contribution is 1.81. The smallest absolute Gasteiger partial charge is 0.393 e. The van der Waals surface area contributed by atoms with Crippen LogP contribution in [0.3, 0.4) is 0 Å². The molecular formula is C4H12O5S. The van der Waals surface area contributed by atoms with E-state index < -0.39 is 10.4 Å². The van der Waals surface area contributed by atoms with E-state index in [-0.39, 0.29) is 6.10 Å². The van der Waals surface area contributed by atoms with Crippen molar-refractivity contribution in [3.63, 3.8) is 0 Å². The van der Waals surface area contributed by atoms with E-state index in [0.29, 0.717) is 0 Å². The minimum atomic E-state index is -4.67. The van der Waals surface area contributed by atoms with Crippen LogP contribution in [0.4, 0.5) is 0 Å². The number of hydrogen-bond acceptors (Lipinski definition) is 3. The predicted octanol–water partition coefficient (Wildman–Crippen LogP) is 0.124. The average molecular weight is 172 g/mol. The third-order valence-corrected chi connectivity index (χ3v) is 0.591. The second kappa shape index (κ2) is 5.60. The molecule has 0 radical (unpaired) electrons. The van der Waals surface area contributed by atoms with E-state index in [9.17, 15) is 0 Å². The van der Waals surface area contributed by atoms with Crippen LogP contribution in [0, 0.1) is 0 Å². The first kappa shape index (κ1) is 12.5. The summed E-state index contributed by atoms with van der Waals surface area (Å²) < 4.78 is 31.6. The summed E-state index contributed by atoms with van der Waals surface area (Å²) in [5.74, 6) is 0. The lowest BCUT2D eigenvalue weighted by Gasteiger charge is -1.90. The molecule has 0 saturated heterocycles. The van der Waals surface area contributed by atoms with Crippen LogP contribution in [0.15, 0.2) is 0 Å². The molecule has 0 fully saturated rings. The molecule has 0 bridgehead atoms. The van der Waals surface area contributed by atoms with Crippen molar-refractivity contribution in [3.8, 4) is 0 Å². The highest BCUT2D eigenvalue weighted by atomic mass is 32.3. The fraction of sp³-hybridized carbons (Fsp3) is 1.00. The number of hydrogen-bond donors (Lipinski definition) is 3. The van der Waals surface area contributed by atoms with Gasteiger partial charge in [-0.1, -0.05) is 6.92 Å². The quantitative estimate of drug-likeness (QED) is 0.488. The van der Waals surface area contributed by atoms with Gasteiger partial charge in [-0.15, -0.1) is 0 Å². The summed E-state index contributed by atoms with van der Waals surface area (Å²) in [7, 11) is -4.67. The summed E-state index contributed by atoms with van der Waals surface area (Å²) in [4.78, 5) is 0. The molecule has 10 heavy (non-hydrogen) atoms. The van der Waals surface area contributed by atoms with Crippen molar-refractivity contribution in [1.29, 1.82) is 0 Å². The average Bonchev–Trinajstić information content (AvgIpc) is 1.61. The zero-order valence-electron chi connectivity index (χ0n) is 5.85. The Kier molecular flexibility index (Phi) is 7.00. The van der Waals surface area contributed by atoms with E-state index >= 15 is 0 Å². The van der Waals surface area contributed by atoms with Gasteiger partial charge in [0, 0.05) is 0 Å². The van der Waals surface area contributed by atoms with Gasteiger partial charge in [0.05, 0.1) is 6.10 Å². The maximum Gasteiger partial charge on any atom is 0.394 e. The summed E-state index contributed by atoms with van der Waals surface area (Å²) in [5.41, 5.74) is 0. The molecule has 0 heterocycles. The van der Waals surface area contributed by atoms with Gasteiger partial charge in [-0.3, -0.25) is 9.11 Å². The molecule has 0 aliphatic carbocycles. The molecule has 6 heteroatoms. The van der Waals surface area contributed by atoms with Crippen molar-refractivity contribution < 1.29 is 22.6 Å². The maximum atomic E-state index is 8.74. The molecule has 0 aromatic rings. The number of aliphatic hydroxyl groups is 1. The van der Waals surface area contributed by atoms with E-state index in [4.69, 9.17) is 22.6 Å². The molecule has 5 nitrogen and oxygen atoms in total. The Morgan fingerprint density at radius 2 is 1.50 bits per heavy atom. The number of rotatable bonds is 1. The second-order valence-corrected chi connectivity index (χ2v) is 2.60. The molecule has 0 aromatic heterocycles. The van der Waals surface area contributed by atoms with Crippen molar-refractivity contribution in [2.45, 2.75) is 26.4 Å². The van der Waals surface area contributed by atoms with Crippen molar-refractivity contribution >= 4 is 10.4 Å². The summed E-state index contributed by atoms with van der Waals surface area (Å²) >= 11 is 0. The monoisotopic (exact) mass is 172 g/mol. The molecule has 0 aromatic carbocycles. The zero-order valence-corrected chi connectivity index (χ0v) is 6.67. The van der Waals surface area contributed by atoms with Gasteiger partial charge in [-0.05, 0) is 13.3 Å². The minimum Gasteiger partial charge on any atom is -0.393 e. The van der Waals surface area contributed by atoms with Gasteiger partial charge in [-0.25, -0.2) is 0 Å². The third-order valence-electron chi connectivity index (χ3n) is 0.591. The van der Waals surface area contributed by atoms with Gasteiger partial charge >= 0.3 is 10.4 Å². The van der Waals surface area contributed by atoms with Crippen LogP contribution in [0.2, 0.25) is 0 Å². The van der Waals surface area contributed by atoms with Gasteiger partial charge in [0.25, 0.3) is 0 Å². The van der Waals surface area contributed by atoms with Crippen LogP contribution in [0.1, 0.15) is 20.3 Å². The maximum absolute atomic E-state index is 8.74. The standard InChI is InChI=1S/C4H10O.H2O4S/c1-3-4(2)5;1-5(2,3)4/h4-5H,3H2,1-2H3;(H2,1,2,3,4). The van der Waals surface area contributed by atoms with Crippen molar-refractivity contribution in [1.82, 2.24) is 0 Å². The van der Waals surface area contributed by atoms with Crippen LogP contribution in [0.25, 0.3) is 0 Å². The van der Waals surface area contributed by atoms with E-state index in [1.54, 1.807) is 6.92 Å². The Morgan fingerprint density at radius 3 is 1.50 bits per heavy atom. The molecule has 0 saturated carbocycles. The van der Waals surface area contributed by atoms with E-state index in [2.05, 4.69) is 0 Å². The zero-order chi connectivity index (χ0) is 8.78. The summed E-state index contributed by atoms with van der Waals surface area (Å²) in [6, 6.07) is 0. The van der Waals surface area contributed by atoms with Gasteiger partial charge in [0.2, 0.25) is 0 Å². The molecule has 0 rings (SSSR count). The Hall–Kier alpha value is -0.170. The van der Waals surface area contributed by atoms with Crippen LogP contribution >= 0.6 is 0 Å². The van der Waals surface area contributed by atoms with Gasteiger partial charge in [0.15, 0.2) is 0 Å². The first-order chi connectivity index (χ1) is 4.27. The molecule has 64 valence electrons. The summed E-state index contributed by atoms with van der Waals surface area (Å²) in [5, 5.41) is 8.36. The SMILES string of the molecule is CCC(C)O.O=S(=O)(O)O. The van der Waals surface area contributed by atoms with Crippen LogP contribution in [-0.2, 0) is 10.4 Å². The Bertz CT molecular complexity index is 139. The topological polar surface area (TPSA) is 94.8 Å². The lowest BCUT2D eigenvalue weighted by atomic mass is 10.3. The third kappa shape index (κ3) is 109. The Labute approximate surface area is 60.3 Å². The van der Waals surface area contributed by atoms with Crippen LogP contribution < -0.4 is 0 Å². The molecule has 0 aliphatic rings. The highest BCUT2D eigenvalue weighted by Gasteiger charge is 1.84. The normalized spacial score (nSPS) is 13.3. The lowest BCUT2D eigenvalue weighted by Crippen LogP contribution is -1.93. The van der Waals surface area contributed by atoms with E-state index in [1.165, 1.54) is 0 Å². The summed E-state index contributed by atoms with van der Waals surface area (Å²) in [6.45, 7) is 3.73.